The van der Waals surface area contributed by atoms with Crippen LogP contribution in [0.15, 0.2) is 52.2 Å². The number of fused-ring (bicyclic) bond motifs is 1. The molecule has 3 aromatic rings. The molecule has 134 valence electrons. The molecule has 0 radical (unpaired) electrons. The van der Waals surface area contributed by atoms with Crippen molar-refractivity contribution in [2.24, 2.45) is 0 Å². The van der Waals surface area contributed by atoms with Gasteiger partial charge < -0.3 is 5.32 Å². The zero-order valence-corrected chi connectivity index (χ0v) is 15.2. The number of sulfone groups is 1. The number of anilines is 1. The highest BCUT2D eigenvalue weighted by Crippen LogP contribution is 2.25. The number of carbonyl (C=O) groups is 1. The van der Waals surface area contributed by atoms with Gasteiger partial charge >= 0.3 is 0 Å². The van der Waals surface area contributed by atoms with Gasteiger partial charge in [0, 0.05) is 11.6 Å². The lowest BCUT2D eigenvalue weighted by molar-refractivity contribution is -0.115. The zero-order chi connectivity index (χ0) is 18.9. The number of H-pyrrole nitrogens is 1. The molecular weight excluding hydrogens is 378 g/mol. The Morgan fingerprint density at radius 3 is 2.58 bits per heavy atom. The molecule has 0 aliphatic heterocycles. The molecule has 2 N–H and O–H groups in total. The van der Waals surface area contributed by atoms with Crippen LogP contribution in [-0.2, 0) is 21.1 Å². The molecule has 7 nitrogen and oxygen atoms in total. The van der Waals surface area contributed by atoms with Crippen LogP contribution in [0, 0.1) is 0 Å². The van der Waals surface area contributed by atoms with Crippen molar-refractivity contribution in [3.8, 4) is 0 Å². The number of aromatic nitrogens is 2. The highest BCUT2D eigenvalue weighted by atomic mass is 35.5. The molecule has 26 heavy (non-hydrogen) atoms. The van der Waals surface area contributed by atoms with E-state index in [9.17, 15) is 18.0 Å². The average Bonchev–Trinajstić information content (AvgIpc) is 2.58. The molecule has 1 amide bonds. The summed E-state index contributed by atoms with van der Waals surface area (Å²) in [6.07, 6.45) is 0.953. The van der Waals surface area contributed by atoms with Crippen LogP contribution in [0.5, 0.6) is 0 Å². The Bertz CT molecular complexity index is 1170. The number of nitrogens with zero attached hydrogens (tertiary/aromatic N) is 1. The van der Waals surface area contributed by atoms with Crippen molar-refractivity contribution in [1.29, 1.82) is 0 Å². The van der Waals surface area contributed by atoms with Gasteiger partial charge in [-0.1, -0.05) is 29.8 Å². The first-order chi connectivity index (χ1) is 12.3. The Labute approximate surface area is 153 Å². The monoisotopic (exact) mass is 391 g/mol. The first kappa shape index (κ1) is 18.1. The fraction of sp³-hybridized carbons (Fsp3) is 0.118. The summed E-state index contributed by atoms with van der Waals surface area (Å²) in [5.74, 6) is -0.442. The van der Waals surface area contributed by atoms with Crippen molar-refractivity contribution < 1.29 is 13.2 Å². The van der Waals surface area contributed by atoms with Gasteiger partial charge in [0.1, 0.15) is 0 Å². The Morgan fingerprint density at radius 2 is 1.88 bits per heavy atom. The molecular formula is C17H14ClN3O4S. The van der Waals surface area contributed by atoms with Crippen LogP contribution >= 0.6 is 11.6 Å². The van der Waals surface area contributed by atoms with Crippen LogP contribution in [0.3, 0.4) is 0 Å². The van der Waals surface area contributed by atoms with E-state index < -0.39 is 15.7 Å². The van der Waals surface area contributed by atoms with E-state index >= 15 is 0 Å². The predicted molar refractivity (Wildman–Crippen MR) is 99.3 cm³/mol. The number of halogens is 1. The lowest BCUT2D eigenvalue weighted by atomic mass is 10.1. The fourth-order valence-electron chi connectivity index (χ4n) is 2.48. The van der Waals surface area contributed by atoms with Crippen LogP contribution in [0.1, 0.15) is 5.69 Å². The summed E-state index contributed by atoms with van der Waals surface area (Å²) < 4.78 is 23.3. The lowest BCUT2D eigenvalue weighted by Gasteiger charge is -2.09. The molecule has 0 aliphatic rings. The van der Waals surface area contributed by atoms with E-state index in [1.807, 2.05) is 0 Å². The van der Waals surface area contributed by atoms with E-state index in [-0.39, 0.29) is 27.6 Å². The summed E-state index contributed by atoms with van der Waals surface area (Å²) in [7, 11) is -3.43. The van der Waals surface area contributed by atoms with Gasteiger partial charge in [-0.25, -0.2) is 13.5 Å². The largest absolute Gasteiger partial charge is 0.324 e. The van der Waals surface area contributed by atoms with E-state index in [2.05, 4.69) is 15.5 Å². The molecule has 1 heterocycles. The molecule has 3 rings (SSSR count). The Morgan fingerprint density at radius 1 is 1.19 bits per heavy atom. The van der Waals surface area contributed by atoms with E-state index in [1.165, 1.54) is 18.2 Å². The van der Waals surface area contributed by atoms with E-state index in [0.717, 1.165) is 6.26 Å². The number of rotatable bonds is 4. The first-order valence-corrected chi connectivity index (χ1v) is 9.78. The lowest BCUT2D eigenvalue weighted by Crippen LogP contribution is -2.18. The molecule has 0 saturated carbocycles. The van der Waals surface area contributed by atoms with Crippen molar-refractivity contribution >= 4 is 43.8 Å². The summed E-state index contributed by atoms with van der Waals surface area (Å²) in [6.45, 7) is 0. The second-order valence-electron chi connectivity index (χ2n) is 5.68. The van der Waals surface area contributed by atoms with Gasteiger partial charge in [0.05, 0.1) is 33.1 Å². The molecule has 0 bridgehead atoms. The third kappa shape index (κ3) is 3.76. The second-order valence-corrected chi connectivity index (χ2v) is 8.11. The van der Waals surface area contributed by atoms with Crippen LogP contribution < -0.4 is 10.9 Å². The van der Waals surface area contributed by atoms with Crippen LogP contribution in [-0.4, -0.2) is 30.8 Å². The Hall–Kier alpha value is -2.71. The maximum Gasteiger partial charge on any atom is 0.272 e. The number of hydrogen-bond acceptors (Lipinski definition) is 5. The zero-order valence-electron chi connectivity index (χ0n) is 13.6. The molecule has 0 unspecified atom stereocenters. The third-order valence-electron chi connectivity index (χ3n) is 3.74. The normalized spacial score (nSPS) is 11.5. The van der Waals surface area contributed by atoms with Crippen LogP contribution in [0.25, 0.3) is 10.8 Å². The first-order valence-electron chi connectivity index (χ1n) is 7.51. The van der Waals surface area contributed by atoms with Crippen molar-refractivity contribution in [3.05, 3.63) is 63.5 Å². The quantitative estimate of drug-likeness (QED) is 0.708. The van der Waals surface area contributed by atoms with Gasteiger partial charge in [-0.15, -0.1) is 0 Å². The summed E-state index contributed by atoms with van der Waals surface area (Å²) >= 11 is 6.04. The maximum atomic E-state index is 12.4. The van der Waals surface area contributed by atoms with Gasteiger partial charge in [-0.05, 0) is 24.3 Å². The molecule has 9 heteroatoms. The number of nitrogens with one attached hydrogen (secondary N) is 2. The molecule has 0 spiro atoms. The van der Waals surface area contributed by atoms with Crippen molar-refractivity contribution in [2.45, 2.75) is 11.3 Å². The summed E-state index contributed by atoms with van der Waals surface area (Å²) in [5, 5.41) is 10.1. The number of aromatic amines is 1. The second kappa shape index (κ2) is 6.89. The molecule has 0 atom stereocenters. The van der Waals surface area contributed by atoms with Crippen LogP contribution in [0.4, 0.5) is 5.69 Å². The van der Waals surface area contributed by atoms with E-state index in [0.29, 0.717) is 16.5 Å². The highest BCUT2D eigenvalue weighted by Gasteiger charge is 2.14. The van der Waals surface area contributed by atoms with E-state index in [4.69, 9.17) is 11.6 Å². The Kier molecular flexibility index (Phi) is 4.80. The molecule has 0 saturated heterocycles. The number of hydrogen-bond donors (Lipinski definition) is 2. The van der Waals surface area contributed by atoms with Gasteiger partial charge in [0.25, 0.3) is 5.56 Å². The van der Waals surface area contributed by atoms with Crippen LogP contribution in [0.2, 0.25) is 5.02 Å². The van der Waals surface area contributed by atoms with Crippen molar-refractivity contribution in [1.82, 2.24) is 10.2 Å². The SMILES string of the molecule is CS(=O)(=O)c1ccc(Cl)c(NC(=O)Cc2n[nH]c(=O)c3ccccc23)c1. The average molecular weight is 392 g/mol. The van der Waals surface area contributed by atoms with Gasteiger partial charge in [-0.3, -0.25) is 9.59 Å². The minimum Gasteiger partial charge on any atom is -0.324 e. The smallest absolute Gasteiger partial charge is 0.272 e. The molecule has 1 aromatic heterocycles. The number of carbonyl (C=O) groups excluding carboxylic acids is 1. The van der Waals surface area contributed by atoms with E-state index in [1.54, 1.807) is 24.3 Å². The minimum absolute atomic E-state index is 0.0461. The predicted octanol–water partition coefficient (Wildman–Crippen LogP) is 2.16. The molecule has 0 aliphatic carbocycles. The highest BCUT2D eigenvalue weighted by molar-refractivity contribution is 7.90. The maximum absolute atomic E-state index is 12.4. The number of benzene rings is 2. The number of amides is 1. The summed E-state index contributed by atoms with van der Waals surface area (Å²) in [6, 6.07) is 10.9. The summed E-state index contributed by atoms with van der Waals surface area (Å²) in [4.78, 5) is 24.2. The van der Waals surface area contributed by atoms with Crippen molar-refractivity contribution in [3.63, 3.8) is 0 Å². The minimum atomic E-state index is -3.43. The summed E-state index contributed by atoms with van der Waals surface area (Å²) in [5.41, 5.74) is 0.245. The van der Waals surface area contributed by atoms with Crippen molar-refractivity contribution in [2.75, 3.05) is 11.6 Å². The molecule has 0 fully saturated rings. The third-order valence-corrected chi connectivity index (χ3v) is 5.18. The fourth-order valence-corrected chi connectivity index (χ4v) is 3.30. The topological polar surface area (TPSA) is 109 Å². The van der Waals surface area contributed by atoms with Gasteiger partial charge in [-0.2, -0.15) is 5.10 Å². The molecule has 2 aromatic carbocycles. The standard InChI is InChI=1S/C17H14ClN3O4S/c1-26(24,25)10-6-7-13(18)15(8-10)19-16(22)9-14-11-4-2-3-5-12(11)17(23)21-20-14/h2-8H,9H2,1H3,(H,19,22)(H,21,23). The van der Waals surface area contributed by atoms with Gasteiger partial charge in [0.15, 0.2) is 9.84 Å². The Balaban J connectivity index is 1.89. The van der Waals surface area contributed by atoms with Gasteiger partial charge in [0.2, 0.25) is 5.91 Å².